The van der Waals surface area contributed by atoms with Crippen molar-refractivity contribution in [1.82, 2.24) is 9.97 Å². The van der Waals surface area contributed by atoms with Gasteiger partial charge in [0.25, 0.3) is 0 Å². The van der Waals surface area contributed by atoms with Crippen molar-refractivity contribution < 1.29 is 14.6 Å². The van der Waals surface area contributed by atoms with Gasteiger partial charge in [0.05, 0.1) is 12.8 Å². The first kappa shape index (κ1) is 17.5. The molecule has 2 aromatic rings. The number of methoxy groups -OCH3 is 1. The number of rotatable bonds is 7. The lowest BCUT2D eigenvalue weighted by atomic mass is 10.1. The van der Waals surface area contributed by atoms with Crippen LogP contribution in [-0.2, 0) is 10.5 Å². The van der Waals surface area contributed by atoms with Crippen molar-refractivity contribution >= 4 is 23.7 Å². The van der Waals surface area contributed by atoms with E-state index in [0.29, 0.717) is 25.3 Å². The van der Waals surface area contributed by atoms with Crippen molar-refractivity contribution in [2.24, 2.45) is 5.73 Å². The van der Waals surface area contributed by atoms with E-state index in [1.54, 1.807) is 18.9 Å². The summed E-state index contributed by atoms with van der Waals surface area (Å²) in [5.74, 6) is 1.21. The standard InChI is InChI=1S/C17H20N4O3S/c1-24-11-4-5-12-14(7-11)25-9-10-8-20-17(21-15(10)12)19-6-2-3-13(18)16(22)23/h4-5,7-8,13H,2-3,6,9,18H2,1H3,(H,22,23)(H,19,20,21)/t13-/m0/s1. The van der Waals surface area contributed by atoms with Gasteiger partial charge < -0.3 is 20.9 Å². The molecule has 1 aromatic heterocycles. The molecular weight excluding hydrogens is 340 g/mol. The normalized spacial score (nSPS) is 13.5. The summed E-state index contributed by atoms with van der Waals surface area (Å²) < 4.78 is 5.28. The molecule has 0 fully saturated rings. The molecule has 0 radical (unpaired) electrons. The third kappa shape index (κ3) is 4.02. The lowest BCUT2D eigenvalue weighted by Crippen LogP contribution is -2.30. The molecule has 1 atom stereocenters. The number of carboxylic acids is 1. The second-order valence-electron chi connectivity index (χ2n) is 5.73. The van der Waals surface area contributed by atoms with Crippen LogP contribution in [0.3, 0.4) is 0 Å². The summed E-state index contributed by atoms with van der Waals surface area (Å²) >= 11 is 1.74. The third-order valence-corrected chi connectivity index (χ3v) is 5.09. The van der Waals surface area contributed by atoms with E-state index < -0.39 is 12.0 Å². The van der Waals surface area contributed by atoms with E-state index in [2.05, 4.69) is 15.3 Å². The third-order valence-electron chi connectivity index (χ3n) is 3.98. The van der Waals surface area contributed by atoms with Crippen molar-refractivity contribution in [1.29, 1.82) is 0 Å². The molecule has 3 rings (SSSR count). The largest absolute Gasteiger partial charge is 0.497 e. The number of anilines is 1. The van der Waals surface area contributed by atoms with Gasteiger partial charge in [0.15, 0.2) is 0 Å². The van der Waals surface area contributed by atoms with Gasteiger partial charge in [-0.2, -0.15) is 0 Å². The zero-order chi connectivity index (χ0) is 17.8. The lowest BCUT2D eigenvalue weighted by molar-refractivity contribution is -0.138. The van der Waals surface area contributed by atoms with E-state index in [0.717, 1.165) is 33.2 Å². The number of ether oxygens (including phenoxy) is 1. The molecule has 8 heteroatoms. The van der Waals surface area contributed by atoms with Crippen LogP contribution in [0, 0.1) is 0 Å². The lowest BCUT2D eigenvalue weighted by Gasteiger charge is -2.19. The van der Waals surface area contributed by atoms with Crippen LogP contribution in [-0.4, -0.2) is 40.7 Å². The van der Waals surface area contributed by atoms with Gasteiger partial charge in [-0.3, -0.25) is 4.79 Å². The van der Waals surface area contributed by atoms with E-state index in [1.807, 2.05) is 24.4 Å². The smallest absolute Gasteiger partial charge is 0.320 e. The molecule has 0 aliphatic carbocycles. The van der Waals surface area contributed by atoms with Crippen LogP contribution >= 0.6 is 11.8 Å². The number of nitrogens with two attached hydrogens (primary N) is 1. The second kappa shape index (κ2) is 7.71. The summed E-state index contributed by atoms with van der Waals surface area (Å²) in [5, 5.41) is 11.9. The van der Waals surface area contributed by atoms with Crippen LogP contribution in [0.4, 0.5) is 5.95 Å². The minimum atomic E-state index is -0.977. The SMILES string of the molecule is COc1ccc2c(c1)SCc1cnc(NCCC[C@H](N)C(=O)O)nc1-2. The Bertz CT molecular complexity index is 784. The van der Waals surface area contributed by atoms with Crippen LogP contribution in [0.1, 0.15) is 18.4 Å². The molecule has 1 aliphatic heterocycles. The maximum atomic E-state index is 10.7. The fraction of sp³-hybridized carbons (Fsp3) is 0.353. The van der Waals surface area contributed by atoms with Gasteiger partial charge in [0, 0.05) is 34.5 Å². The number of fused-ring (bicyclic) bond motifs is 3. The van der Waals surface area contributed by atoms with Crippen molar-refractivity contribution in [2.75, 3.05) is 19.0 Å². The molecule has 2 heterocycles. The number of hydrogen-bond donors (Lipinski definition) is 3. The fourth-order valence-electron chi connectivity index (χ4n) is 2.58. The highest BCUT2D eigenvalue weighted by molar-refractivity contribution is 7.98. The molecule has 0 saturated carbocycles. The number of thioether (sulfide) groups is 1. The highest BCUT2D eigenvalue weighted by atomic mass is 32.2. The molecule has 1 aliphatic rings. The zero-order valence-electron chi connectivity index (χ0n) is 13.9. The fourth-order valence-corrected chi connectivity index (χ4v) is 3.62. The minimum Gasteiger partial charge on any atom is -0.497 e. The topological polar surface area (TPSA) is 110 Å². The van der Waals surface area contributed by atoms with E-state index in [1.165, 1.54) is 0 Å². The highest BCUT2D eigenvalue weighted by Crippen LogP contribution is 2.41. The maximum Gasteiger partial charge on any atom is 0.320 e. The van der Waals surface area contributed by atoms with Crippen LogP contribution in [0.25, 0.3) is 11.3 Å². The van der Waals surface area contributed by atoms with Crippen LogP contribution in [0.15, 0.2) is 29.3 Å². The van der Waals surface area contributed by atoms with Gasteiger partial charge in [0.1, 0.15) is 11.8 Å². The zero-order valence-corrected chi connectivity index (χ0v) is 14.7. The van der Waals surface area contributed by atoms with Gasteiger partial charge >= 0.3 is 5.97 Å². The van der Waals surface area contributed by atoms with E-state index in [9.17, 15) is 4.79 Å². The Balaban J connectivity index is 1.70. The number of carboxylic acid groups (broad SMARTS) is 1. The average Bonchev–Trinajstić information content (AvgIpc) is 2.64. The summed E-state index contributed by atoms with van der Waals surface area (Å²) in [5.41, 5.74) is 8.59. The van der Waals surface area contributed by atoms with Crippen LogP contribution in [0.5, 0.6) is 5.75 Å². The second-order valence-corrected chi connectivity index (χ2v) is 6.75. The van der Waals surface area contributed by atoms with Gasteiger partial charge in [-0.1, -0.05) is 0 Å². The summed E-state index contributed by atoms with van der Waals surface area (Å²) in [7, 11) is 1.66. The molecule has 4 N–H and O–H groups in total. The Morgan fingerprint density at radius 3 is 3.12 bits per heavy atom. The number of benzene rings is 1. The quantitative estimate of drug-likeness (QED) is 0.646. The van der Waals surface area contributed by atoms with Gasteiger partial charge in [0.2, 0.25) is 5.95 Å². The molecule has 25 heavy (non-hydrogen) atoms. The predicted molar refractivity (Wildman–Crippen MR) is 96.9 cm³/mol. The molecule has 0 bridgehead atoms. The van der Waals surface area contributed by atoms with Crippen LogP contribution in [0.2, 0.25) is 0 Å². The first-order valence-corrected chi connectivity index (χ1v) is 8.96. The minimum absolute atomic E-state index is 0.409. The van der Waals surface area contributed by atoms with Crippen molar-refractivity contribution in [2.45, 2.75) is 29.5 Å². The van der Waals surface area contributed by atoms with Crippen molar-refractivity contribution in [3.63, 3.8) is 0 Å². The Kier molecular flexibility index (Phi) is 5.40. The monoisotopic (exact) mass is 360 g/mol. The molecule has 0 spiro atoms. The Hall–Kier alpha value is -2.32. The van der Waals surface area contributed by atoms with E-state index in [-0.39, 0.29) is 0 Å². The Morgan fingerprint density at radius 2 is 2.36 bits per heavy atom. The first-order valence-electron chi connectivity index (χ1n) is 7.98. The average molecular weight is 360 g/mol. The number of aromatic nitrogens is 2. The summed E-state index contributed by atoms with van der Waals surface area (Å²) in [4.78, 5) is 20.8. The van der Waals surface area contributed by atoms with Gasteiger partial charge in [-0.25, -0.2) is 9.97 Å². The summed E-state index contributed by atoms with van der Waals surface area (Å²) in [6, 6.07) is 5.13. The van der Waals surface area contributed by atoms with Crippen molar-refractivity contribution in [3.05, 3.63) is 30.0 Å². The van der Waals surface area contributed by atoms with Gasteiger partial charge in [-0.05, 0) is 31.0 Å². The molecule has 0 amide bonds. The first-order chi connectivity index (χ1) is 12.1. The Labute approximate surface area is 150 Å². The molecular formula is C17H20N4O3S. The van der Waals surface area contributed by atoms with Crippen LogP contribution < -0.4 is 15.8 Å². The number of nitrogens with zero attached hydrogens (tertiary/aromatic N) is 2. The predicted octanol–water partition coefficient (Wildman–Crippen LogP) is 2.36. The summed E-state index contributed by atoms with van der Waals surface area (Å²) in [6.45, 7) is 0.573. The van der Waals surface area contributed by atoms with Crippen molar-refractivity contribution in [3.8, 4) is 17.0 Å². The molecule has 1 aromatic carbocycles. The van der Waals surface area contributed by atoms with Gasteiger partial charge in [-0.15, -0.1) is 11.8 Å². The summed E-state index contributed by atoms with van der Waals surface area (Å²) in [6.07, 6.45) is 2.89. The number of hydrogen-bond acceptors (Lipinski definition) is 7. The maximum absolute atomic E-state index is 10.7. The molecule has 0 unspecified atom stereocenters. The molecule has 132 valence electrons. The number of aliphatic carboxylic acids is 1. The highest BCUT2D eigenvalue weighted by Gasteiger charge is 2.19. The van der Waals surface area contributed by atoms with E-state index in [4.69, 9.17) is 15.6 Å². The molecule has 0 saturated heterocycles. The van der Waals surface area contributed by atoms with E-state index >= 15 is 0 Å². The molecule has 7 nitrogen and oxygen atoms in total. The number of carbonyl (C=O) groups is 1. The number of nitrogens with one attached hydrogen (secondary N) is 1. The Morgan fingerprint density at radius 1 is 1.52 bits per heavy atom.